The van der Waals surface area contributed by atoms with Crippen molar-refractivity contribution in [1.29, 1.82) is 0 Å². The number of nitrogens with one attached hydrogen (secondary N) is 1. The molecule has 1 aliphatic rings. The van der Waals surface area contributed by atoms with Gasteiger partial charge in [0.25, 0.3) is 5.91 Å². The van der Waals surface area contributed by atoms with Crippen LogP contribution in [0.5, 0.6) is 0 Å². The molecule has 1 aliphatic heterocycles. The molecule has 0 spiro atoms. The van der Waals surface area contributed by atoms with Gasteiger partial charge in [0.1, 0.15) is 0 Å². The second-order valence-corrected chi connectivity index (χ2v) is 5.01. The van der Waals surface area contributed by atoms with Crippen molar-refractivity contribution in [3.63, 3.8) is 0 Å². The summed E-state index contributed by atoms with van der Waals surface area (Å²) in [5, 5.41) is 1.93. The van der Waals surface area contributed by atoms with Gasteiger partial charge in [-0.3, -0.25) is 15.2 Å². The zero-order valence-electron chi connectivity index (χ0n) is 11.5. The summed E-state index contributed by atoms with van der Waals surface area (Å²) in [6.07, 6.45) is 4.59. The first-order valence-corrected chi connectivity index (χ1v) is 6.81. The van der Waals surface area contributed by atoms with E-state index in [1.54, 1.807) is 6.20 Å². The van der Waals surface area contributed by atoms with Crippen LogP contribution in [0.25, 0.3) is 11.1 Å². The third kappa shape index (κ3) is 2.42. The standard InChI is InChI=1S/C16H17N3O/c1-12-14(13-6-3-2-4-7-13)10-17-11-15(12)16(20)18-19-8-5-9-19/h2-4,6-7,10-11H,5,8-9H2,1H3,(H,18,20). The first-order valence-electron chi connectivity index (χ1n) is 6.81. The van der Waals surface area contributed by atoms with E-state index in [2.05, 4.69) is 10.4 Å². The molecule has 1 aromatic heterocycles. The lowest BCUT2D eigenvalue weighted by Gasteiger charge is -2.31. The molecule has 0 bridgehead atoms. The van der Waals surface area contributed by atoms with E-state index in [1.165, 1.54) is 0 Å². The van der Waals surface area contributed by atoms with Crippen molar-refractivity contribution in [3.8, 4) is 11.1 Å². The molecule has 0 atom stereocenters. The summed E-state index contributed by atoms with van der Waals surface area (Å²) in [5.41, 5.74) is 6.59. The molecule has 1 N–H and O–H groups in total. The highest BCUT2D eigenvalue weighted by Crippen LogP contribution is 2.24. The van der Waals surface area contributed by atoms with Gasteiger partial charge >= 0.3 is 0 Å². The van der Waals surface area contributed by atoms with Crippen LogP contribution in [0.15, 0.2) is 42.7 Å². The summed E-state index contributed by atoms with van der Waals surface area (Å²) >= 11 is 0. The molecule has 1 aromatic carbocycles. The van der Waals surface area contributed by atoms with E-state index in [0.717, 1.165) is 36.2 Å². The van der Waals surface area contributed by atoms with E-state index in [0.29, 0.717) is 5.56 Å². The van der Waals surface area contributed by atoms with Crippen molar-refractivity contribution in [2.75, 3.05) is 13.1 Å². The van der Waals surface area contributed by atoms with Crippen LogP contribution in [0.3, 0.4) is 0 Å². The fourth-order valence-electron chi connectivity index (χ4n) is 2.29. The summed E-state index contributed by atoms with van der Waals surface area (Å²) in [6, 6.07) is 10.0. The Hall–Kier alpha value is -2.20. The third-order valence-corrected chi connectivity index (χ3v) is 3.66. The summed E-state index contributed by atoms with van der Waals surface area (Å²) in [7, 11) is 0. The van der Waals surface area contributed by atoms with Gasteiger partial charge in [-0.25, -0.2) is 5.01 Å². The maximum Gasteiger partial charge on any atom is 0.267 e. The minimum absolute atomic E-state index is 0.0764. The summed E-state index contributed by atoms with van der Waals surface area (Å²) < 4.78 is 0. The van der Waals surface area contributed by atoms with Crippen LogP contribution in [0.4, 0.5) is 0 Å². The van der Waals surface area contributed by atoms with E-state index in [4.69, 9.17) is 0 Å². The zero-order valence-corrected chi connectivity index (χ0v) is 11.5. The van der Waals surface area contributed by atoms with Gasteiger partial charge in [0.2, 0.25) is 0 Å². The maximum absolute atomic E-state index is 12.3. The van der Waals surface area contributed by atoms with Crippen LogP contribution in [-0.4, -0.2) is 29.0 Å². The van der Waals surface area contributed by atoms with Gasteiger partial charge < -0.3 is 0 Å². The Labute approximate surface area is 118 Å². The molecule has 2 aromatic rings. The molecule has 4 heteroatoms. The number of benzene rings is 1. The van der Waals surface area contributed by atoms with Crippen LogP contribution in [0.2, 0.25) is 0 Å². The molecule has 4 nitrogen and oxygen atoms in total. The van der Waals surface area contributed by atoms with E-state index in [1.807, 2.05) is 48.5 Å². The molecule has 0 radical (unpaired) electrons. The molecule has 2 heterocycles. The molecule has 1 saturated heterocycles. The minimum Gasteiger partial charge on any atom is -0.285 e. The number of hydrazine groups is 1. The minimum atomic E-state index is -0.0764. The number of hydrogen-bond acceptors (Lipinski definition) is 3. The molecular weight excluding hydrogens is 250 g/mol. The Kier molecular flexibility index (Phi) is 3.48. The normalized spacial score (nSPS) is 14.7. The first-order chi connectivity index (χ1) is 9.75. The Morgan fingerprint density at radius 2 is 1.95 bits per heavy atom. The van der Waals surface area contributed by atoms with Crippen LogP contribution in [-0.2, 0) is 0 Å². The fraction of sp³-hybridized carbons (Fsp3) is 0.250. The topological polar surface area (TPSA) is 45.2 Å². The van der Waals surface area contributed by atoms with Gasteiger partial charge in [-0.2, -0.15) is 0 Å². The molecule has 1 fully saturated rings. The predicted molar refractivity (Wildman–Crippen MR) is 78.1 cm³/mol. The maximum atomic E-state index is 12.3. The third-order valence-electron chi connectivity index (χ3n) is 3.66. The van der Waals surface area contributed by atoms with Crippen molar-refractivity contribution in [2.45, 2.75) is 13.3 Å². The van der Waals surface area contributed by atoms with Crippen LogP contribution in [0, 0.1) is 6.92 Å². The lowest BCUT2D eigenvalue weighted by Crippen LogP contribution is -2.50. The van der Waals surface area contributed by atoms with Crippen LogP contribution >= 0.6 is 0 Å². The molecule has 0 saturated carbocycles. The van der Waals surface area contributed by atoms with Gasteiger partial charge in [-0.15, -0.1) is 0 Å². The molecule has 0 aliphatic carbocycles. The second-order valence-electron chi connectivity index (χ2n) is 5.01. The molecular formula is C16H17N3O. The highest BCUT2D eigenvalue weighted by Gasteiger charge is 2.19. The smallest absolute Gasteiger partial charge is 0.267 e. The molecule has 20 heavy (non-hydrogen) atoms. The number of amides is 1. The monoisotopic (exact) mass is 267 g/mol. The summed E-state index contributed by atoms with van der Waals surface area (Å²) in [4.78, 5) is 16.5. The number of pyridine rings is 1. The SMILES string of the molecule is Cc1c(C(=O)NN2CCC2)cncc1-c1ccccc1. The fourth-order valence-corrected chi connectivity index (χ4v) is 2.29. The van der Waals surface area contributed by atoms with Crippen molar-refractivity contribution >= 4 is 5.91 Å². The van der Waals surface area contributed by atoms with Crippen molar-refractivity contribution in [1.82, 2.24) is 15.4 Å². The van der Waals surface area contributed by atoms with Gasteiger partial charge in [0.05, 0.1) is 5.56 Å². The number of carbonyl (C=O) groups is 1. The van der Waals surface area contributed by atoms with Crippen molar-refractivity contribution in [3.05, 3.63) is 53.9 Å². The predicted octanol–water partition coefficient (Wildman–Crippen LogP) is 2.41. The number of aromatic nitrogens is 1. The Bertz CT molecular complexity index is 621. The van der Waals surface area contributed by atoms with E-state index in [9.17, 15) is 4.79 Å². The van der Waals surface area contributed by atoms with Gasteiger partial charge in [0, 0.05) is 31.0 Å². The van der Waals surface area contributed by atoms with Gasteiger partial charge in [0.15, 0.2) is 0 Å². The highest BCUT2D eigenvalue weighted by molar-refractivity contribution is 5.96. The van der Waals surface area contributed by atoms with E-state index < -0.39 is 0 Å². The number of carbonyl (C=O) groups excluding carboxylic acids is 1. The van der Waals surface area contributed by atoms with Gasteiger partial charge in [-0.05, 0) is 24.5 Å². The number of nitrogens with zero attached hydrogens (tertiary/aromatic N) is 2. The Morgan fingerprint density at radius 3 is 2.60 bits per heavy atom. The Balaban J connectivity index is 1.90. The molecule has 102 valence electrons. The second kappa shape index (κ2) is 5.43. The lowest BCUT2D eigenvalue weighted by atomic mass is 9.99. The largest absolute Gasteiger partial charge is 0.285 e. The highest BCUT2D eigenvalue weighted by atomic mass is 16.2. The summed E-state index contributed by atoms with van der Waals surface area (Å²) in [5.74, 6) is -0.0764. The summed E-state index contributed by atoms with van der Waals surface area (Å²) in [6.45, 7) is 3.82. The quantitative estimate of drug-likeness (QED) is 0.929. The average molecular weight is 267 g/mol. The van der Waals surface area contributed by atoms with Crippen molar-refractivity contribution in [2.24, 2.45) is 0 Å². The van der Waals surface area contributed by atoms with Gasteiger partial charge in [-0.1, -0.05) is 30.3 Å². The zero-order chi connectivity index (χ0) is 13.9. The lowest BCUT2D eigenvalue weighted by molar-refractivity contribution is 0.0641. The molecule has 0 unspecified atom stereocenters. The molecule has 3 rings (SSSR count). The average Bonchev–Trinajstić information content (AvgIpc) is 2.44. The van der Waals surface area contributed by atoms with Crippen LogP contribution in [0.1, 0.15) is 22.3 Å². The van der Waals surface area contributed by atoms with Crippen LogP contribution < -0.4 is 5.43 Å². The van der Waals surface area contributed by atoms with E-state index in [-0.39, 0.29) is 5.91 Å². The van der Waals surface area contributed by atoms with Crippen molar-refractivity contribution < 1.29 is 4.79 Å². The first kappa shape index (κ1) is 12.8. The number of hydrogen-bond donors (Lipinski definition) is 1. The van der Waals surface area contributed by atoms with E-state index >= 15 is 0 Å². The Morgan fingerprint density at radius 1 is 1.20 bits per heavy atom. The molecule has 1 amide bonds. The number of rotatable bonds is 3.